The number of unbranched alkanes of at least 4 members (excludes halogenated alkanes) is 1. The van der Waals surface area contributed by atoms with Gasteiger partial charge in [-0.15, -0.1) is 0 Å². The number of halogens is 3. The second-order valence-corrected chi connectivity index (χ2v) is 2.66. The molecule has 0 aromatic carbocycles. The van der Waals surface area contributed by atoms with Crippen LogP contribution in [-0.4, -0.2) is 11.3 Å². The van der Waals surface area contributed by atoms with Crippen LogP contribution in [0.5, 0.6) is 0 Å². The highest BCUT2D eigenvalue weighted by molar-refractivity contribution is 8.00. The van der Waals surface area contributed by atoms with Gasteiger partial charge in [-0.3, -0.25) is 0 Å². The van der Waals surface area contributed by atoms with Crippen molar-refractivity contribution in [2.24, 2.45) is 0 Å². The van der Waals surface area contributed by atoms with Crippen molar-refractivity contribution in [3.8, 4) is 0 Å². The molecule has 0 aliphatic heterocycles. The van der Waals surface area contributed by atoms with E-state index in [2.05, 4.69) is 6.92 Å². The Bertz CT molecular complexity index is 69.1. The predicted octanol–water partition coefficient (Wildman–Crippen LogP) is 2.85. The zero-order valence-corrected chi connectivity index (χ0v) is 5.69. The monoisotopic (exact) mass is 157 g/mol. The third-order valence-electron chi connectivity index (χ3n) is 0.660. The van der Waals surface area contributed by atoms with Crippen molar-refractivity contribution in [3.05, 3.63) is 6.92 Å². The van der Waals surface area contributed by atoms with Crippen molar-refractivity contribution in [2.45, 2.75) is 18.3 Å². The molecule has 55 valence electrons. The molecule has 0 heterocycles. The van der Waals surface area contributed by atoms with Gasteiger partial charge in [0, 0.05) is 5.75 Å². The number of rotatable bonds is 3. The summed E-state index contributed by atoms with van der Waals surface area (Å²) in [5, 5.41) is 0. The van der Waals surface area contributed by atoms with E-state index in [1.807, 2.05) is 0 Å². The normalized spacial score (nSPS) is 12.0. The Kier molecular flexibility index (Phi) is 4.10. The molecule has 0 saturated carbocycles. The van der Waals surface area contributed by atoms with Crippen LogP contribution in [0.3, 0.4) is 0 Å². The Morgan fingerprint density at radius 1 is 1.33 bits per heavy atom. The summed E-state index contributed by atoms with van der Waals surface area (Å²) in [4.78, 5) is 0. The number of thioether (sulfide) groups is 1. The average Bonchev–Trinajstić information content (AvgIpc) is 1.63. The van der Waals surface area contributed by atoms with Crippen LogP contribution in [0.2, 0.25) is 0 Å². The maximum Gasteiger partial charge on any atom is 0.441 e. The van der Waals surface area contributed by atoms with Crippen LogP contribution in [0, 0.1) is 6.92 Å². The van der Waals surface area contributed by atoms with Crippen LogP contribution in [0.25, 0.3) is 0 Å². The number of alkyl halides is 3. The molecule has 0 aromatic heterocycles. The van der Waals surface area contributed by atoms with Crippen LogP contribution in [0.1, 0.15) is 12.8 Å². The Balaban J connectivity index is 3.07. The van der Waals surface area contributed by atoms with Crippen molar-refractivity contribution >= 4 is 11.8 Å². The fourth-order valence-electron chi connectivity index (χ4n) is 0.290. The fourth-order valence-corrected chi connectivity index (χ4v) is 0.870. The second-order valence-electron chi connectivity index (χ2n) is 1.50. The summed E-state index contributed by atoms with van der Waals surface area (Å²) in [5.74, 6) is 0.132. The van der Waals surface area contributed by atoms with E-state index in [9.17, 15) is 13.2 Å². The molecule has 0 nitrogen and oxygen atoms in total. The average molecular weight is 157 g/mol. The summed E-state index contributed by atoms with van der Waals surface area (Å²) in [6.45, 7) is 3.42. The van der Waals surface area contributed by atoms with E-state index in [1.54, 1.807) is 0 Å². The van der Waals surface area contributed by atoms with Crippen molar-refractivity contribution in [1.82, 2.24) is 0 Å². The Morgan fingerprint density at radius 3 is 2.22 bits per heavy atom. The molecule has 0 saturated heterocycles. The van der Waals surface area contributed by atoms with Gasteiger partial charge in [-0.25, -0.2) is 0 Å². The topological polar surface area (TPSA) is 0 Å². The highest BCUT2D eigenvalue weighted by Crippen LogP contribution is 2.30. The van der Waals surface area contributed by atoms with Gasteiger partial charge in [0.15, 0.2) is 0 Å². The van der Waals surface area contributed by atoms with Gasteiger partial charge in [0.1, 0.15) is 0 Å². The van der Waals surface area contributed by atoms with Crippen molar-refractivity contribution in [2.75, 3.05) is 5.75 Å². The maximum absolute atomic E-state index is 11.3. The SMILES string of the molecule is [CH2]CCCSC(F)(F)F. The molecule has 0 bridgehead atoms. The molecule has 0 unspecified atom stereocenters. The summed E-state index contributed by atoms with van der Waals surface area (Å²) in [6.07, 6.45) is 1.10. The molecule has 1 radical (unpaired) electrons. The van der Waals surface area contributed by atoms with E-state index >= 15 is 0 Å². The molecule has 0 rings (SSSR count). The molecule has 4 heteroatoms. The third kappa shape index (κ3) is 8.14. The minimum absolute atomic E-state index is 0.0181. The number of hydrogen-bond donors (Lipinski definition) is 0. The summed E-state index contributed by atoms with van der Waals surface area (Å²) >= 11 is 0.0181. The lowest BCUT2D eigenvalue weighted by Gasteiger charge is -2.02. The van der Waals surface area contributed by atoms with Crippen molar-refractivity contribution in [3.63, 3.8) is 0 Å². The second kappa shape index (κ2) is 4.04. The highest BCUT2D eigenvalue weighted by atomic mass is 32.2. The Hall–Kier alpha value is 0.140. The standard InChI is InChI=1S/C5H8F3S/c1-2-3-4-9-5(6,7)8/h1-4H2. The molecule has 0 fully saturated rings. The quantitative estimate of drug-likeness (QED) is 0.567. The first-order valence-electron chi connectivity index (χ1n) is 2.56. The molecule has 0 atom stereocenters. The van der Waals surface area contributed by atoms with Gasteiger partial charge in [-0.1, -0.05) is 25.1 Å². The summed E-state index contributed by atoms with van der Waals surface area (Å²) in [6, 6.07) is 0. The highest BCUT2D eigenvalue weighted by Gasteiger charge is 2.26. The van der Waals surface area contributed by atoms with Gasteiger partial charge in [0.2, 0.25) is 0 Å². The van der Waals surface area contributed by atoms with Crippen LogP contribution in [-0.2, 0) is 0 Å². The van der Waals surface area contributed by atoms with E-state index in [4.69, 9.17) is 0 Å². The first kappa shape index (κ1) is 9.14. The van der Waals surface area contributed by atoms with E-state index in [1.165, 1.54) is 0 Å². The van der Waals surface area contributed by atoms with Crippen molar-refractivity contribution in [1.29, 1.82) is 0 Å². The van der Waals surface area contributed by atoms with Crippen LogP contribution in [0.15, 0.2) is 0 Å². The zero-order valence-electron chi connectivity index (χ0n) is 4.87. The Labute approximate surface area is 56.8 Å². The van der Waals surface area contributed by atoms with Gasteiger partial charge < -0.3 is 0 Å². The van der Waals surface area contributed by atoms with Gasteiger partial charge in [-0.05, 0) is 6.42 Å². The molecule has 0 spiro atoms. The van der Waals surface area contributed by atoms with E-state index in [0.717, 1.165) is 0 Å². The maximum atomic E-state index is 11.3. The first-order chi connectivity index (χ1) is 4.06. The summed E-state index contributed by atoms with van der Waals surface area (Å²) in [7, 11) is 0. The molecule has 0 amide bonds. The van der Waals surface area contributed by atoms with Crippen LogP contribution >= 0.6 is 11.8 Å². The van der Waals surface area contributed by atoms with Crippen LogP contribution in [0.4, 0.5) is 13.2 Å². The summed E-state index contributed by atoms with van der Waals surface area (Å²) < 4.78 is 34.0. The molecule has 0 aliphatic carbocycles. The molecule has 0 N–H and O–H groups in total. The molecule has 0 aliphatic rings. The number of hydrogen-bond acceptors (Lipinski definition) is 1. The predicted molar refractivity (Wildman–Crippen MR) is 33.1 cm³/mol. The van der Waals surface area contributed by atoms with Gasteiger partial charge in [-0.2, -0.15) is 13.2 Å². The third-order valence-corrected chi connectivity index (χ3v) is 1.48. The van der Waals surface area contributed by atoms with Crippen molar-refractivity contribution < 1.29 is 13.2 Å². The van der Waals surface area contributed by atoms with E-state index in [-0.39, 0.29) is 17.5 Å². The lowest BCUT2D eigenvalue weighted by molar-refractivity contribution is -0.0327. The zero-order chi connectivity index (χ0) is 7.33. The molecule has 9 heavy (non-hydrogen) atoms. The minimum atomic E-state index is -4.06. The lowest BCUT2D eigenvalue weighted by Crippen LogP contribution is -2.00. The smallest absolute Gasteiger partial charge is 0.160 e. The summed E-state index contributed by atoms with van der Waals surface area (Å²) in [5.41, 5.74) is -4.06. The van der Waals surface area contributed by atoms with Gasteiger partial charge in [0.05, 0.1) is 0 Å². The minimum Gasteiger partial charge on any atom is -0.160 e. The molecular formula is C5H8F3S. The first-order valence-corrected chi connectivity index (χ1v) is 3.55. The molecule has 0 aromatic rings. The fraction of sp³-hybridized carbons (Fsp3) is 0.800. The lowest BCUT2D eigenvalue weighted by atomic mass is 10.4. The van der Waals surface area contributed by atoms with Gasteiger partial charge >= 0.3 is 5.51 Å². The Morgan fingerprint density at radius 2 is 1.89 bits per heavy atom. The van der Waals surface area contributed by atoms with E-state index < -0.39 is 5.51 Å². The molecular weight excluding hydrogens is 149 g/mol. The largest absolute Gasteiger partial charge is 0.441 e. The van der Waals surface area contributed by atoms with E-state index in [0.29, 0.717) is 12.8 Å². The van der Waals surface area contributed by atoms with Crippen LogP contribution < -0.4 is 0 Å². The van der Waals surface area contributed by atoms with Gasteiger partial charge in [0.25, 0.3) is 0 Å².